The van der Waals surface area contributed by atoms with Crippen molar-refractivity contribution in [2.75, 3.05) is 33.3 Å². The van der Waals surface area contributed by atoms with Crippen molar-refractivity contribution in [3.8, 4) is 5.75 Å². The van der Waals surface area contributed by atoms with E-state index in [9.17, 15) is 13.6 Å². The number of amides is 2. The number of nitrogens with one attached hydrogen (secondary N) is 2. The molecule has 2 fully saturated rings. The monoisotopic (exact) mass is 367 g/mol. The lowest BCUT2D eigenvalue weighted by Crippen LogP contribution is -2.49. The fourth-order valence-electron chi connectivity index (χ4n) is 3.72. The highest BCUT2D eigenvalue weighted by molar-refractivity contribution is 5.74. The number of piperidine rings is 1. The molecule has 3 rings (SSSR count). The maximum Gasteiger partial charge on any atom is 0.315 e. The Labute approximate surface area is 153 Å². The average molecular weight is 367 g/mol. The van der Waals surface area contributed by atoms with Gasteiger partial charge in [-0.05, 0) is 31.7 Å². The Morgan fingerprint density at radius 2 is 2.00 bits per heavy atom. The molecule has 1 aliphatic heterocycles. The van der Waals surface area contributed by atoms with E-state index >= 15 is 0 Å². The van der Waals surface area contributed by atoms with Crippen LogP contribution in [-0.4, -0.2) is 56.7 Å². The van der Waals surface area contributed by atoms with Gasteiger partial charge in [0.25, 0.3) is 6.43 Å². The number of methoxy groups -OCH3 is 1. The highest BCUT2D eigenvalue weighted by Gasteiger charge is 2.46. The van der Waals surface area contributed by atoms with E-state index in [0.717, 1.165) is 24.2 Å². The summed E-state index contributed by atoms with van der Waals surface area (Å²) in [7, 11) is 1.66. The number of carbonyl (C=O) groups excluding carboxylic acids is 1. The molecule has 2 aliphatic rings. The van der Waals surface area contributed by atoms with E-state index in [0.29, 0.717) is 32.5 Å². The average Bonchev–Trinajstić information content (AvgIpc) is 3.42. The number of carbonyl (C=O) groups is 1. The standard InChI is InChI=1S/C19H27F2N3O2/c1-26-16-5-3-2-4-15(16)19(8-9-19)13-22-18(25)23-14-6-10-24(11-7-14)12-17(20)21/h2-5,14,17H,6-13H2,1H3,(H2,22,23,25). The maximum absolute atomic E-state index is 12.4. The molecule has 1 saturated heterocycles. The lowest BCUT2D eigenvalue weighted by Gasteiger charge is -2.32. The zero-order chi connectivity index (χ0) is 18.6. The second kappa shape index (κ2) is 8.20. The number of para-hydroxylation sites is 1. The van der Waals surface area contributed by atoms with Gasteiger partial charge in [0, 0.05) is 36.7 Å². The molecular weight excluding hydrogens is 340 g/mol. The van der Waals surface area contributed by atoms with Gasteiger partial charge in [-0.15, -0.1) is 0 Å². The molecular formula is C19H27F2N3O2. The summed E-state index contributed by atoms with van der Waals surface area (Å²) in [6.45, 7) is 1.59. The van der Waals surface area contributed by atoms with E-state index < -0.39 is 6.43 Å². The number of rotatable bonds is 7. The summed E-state index contributed by atoms with van der Waals surface area (Å²) in [6.07, 6.45) is 1.17. The lowest BCUT2D eigenvalue weighted by molar-refractivity contribution is 0.0737. The molecule has 0 bridgehead atoms. The number of halogens is 2. The molecule has 5 nitrogen and oxygen atoms in total. The number of hydrogen-bond acceptors (Lipinski definition) is 3. The highest BCUT2D eigenvalue weighted by Crippen LogP contribution is 2.50. The third-order valence-electron chi connectivity index (χ3n) is 5.44. The molecule has 1 heterocycles. The van der Waals surface area contributed by atoms with E-state index in [-0.39, 0.29) is 24.0 Å². The molecule has 1 aromatic carbocycles. The third-order valence-corrected chi connectivity index (χ3v) is 5.44. The minimum absolute atomic E-state index is 0.0371. The van der Waals surface area contributed by atoms with Crippen LogP contribution in [-0.2, 0) is 5.41 Å². The van der Waals surface area contributed by atoms with Gasteiger partial charge in [0.15, 0.2) is 0 Å². The third kappa shape index (κ3) is 4.63. The van der Waals surface area contributed by atoms with Gasteiger partial charge in [-0.2, -0.15) is 0 Å². The maximum atomic E-state index is 12.4. The molecule has 0 aromatic heterocycles. The Balaban J connectivity index is 1.45. The Bertz CT molecular complexity index is 615. The molecule has 26 heavy (non-hydrogen) atoms. The van der Waals surface area contributed by atoms with Crippen molar-refractivity contribution in [1.29, 1.82) is 0 Å². The van der Waals surface area contributed by atoms with Crippen LogP contribution in [0.15, 0.2) is 24.3 Å². The Morgan fingerprint density at radius 3 is 2.62 bits per heavy atom. The molecule has 0 unspecified atom stereocenters. The van der Waals surface area contributed by atoms with Crippen LogP contribution in [0.3, 0.4) is 0 Å². The number of alkyl halides is 2. The van der Waals surface area contributed by atoms with Crippen LogP contribution < -0.4 is 15.4 Å². The first kappa shape index (κ1) is 18.9. The predicted molar refractivity (Wildman–Crippen MR) is 95.9 cm³/mol. The smallest absolute Gasteiger partial charge is 0.315 e. The summed E-state index contributed by atoms with van der Waals surface area (Å²) < 4.78 is 30.3. The molecule has 0 atom stereocenters. The van der Waals surface area contributed by atoms with Crippen LogP contribution in [0.1, 0.15) is 31.2 Å². The zero-order valence-electron chi connectivity index (χ0n) is 15.1. The summed E-state index contributed by atoms with van der Waals surface area (Å²) in [5, 5.41) is 5.96. The number of benzene rings is 1. The summed E-state index contributed by atoms with van der Waals surface area (Å²) in [4.78, 5) is 14.0. The SMILES string of the molecule is COc1ccccc1C1(CNC(=O)NC2CCN(CC(F)F)CC2)CC1. The number of ether oxygens (including phenoxy) is 1. The van der Waals surface area contributed by atoms with Gasteiger partial charge >= 0.3 is 6.03 Å². The number of hydrogen-bond donors (Lipinski definition) is 2. The number of likely N-dealkylation sites (tertiary alicyclic amines) is 1. The Kier molecular flexibility index (Phi) is 5.96. The van der Waals surface area contributed by atoms with Gasteiger partial charge in [0.1, 0.15) is 5.75 Å². The van der Waals surface area contributed by atoms with Gasteiger partial charge in [-0.3, -0.25) is 4.90 Å². The number of nitrogens with zero attached hydrogens (tertiary/aromatic N) is 1. The normalized spacial score (nSPS) is 20.0. The van der Waals surface area contributed by atoms with Crippen molar-refractivity contribution in [3.63, 3.8) is 0 Å². The zero-order valence-corrected chi connectivity index (χ0v) is 15.1. The lowest BCUT2D eigenvalue weighted by atomic mass is 9.95. The van der Waals surface area contributed by atoms with Crippen molar-refractivity contribution < 1.29 is 18.3 Å². The molecule has 2 N–H and O–H groups in total. The minimum atomic E-state index is -2.30. The van der Waals surface area contributed by atoms with Gasteiger partial charge in [0.05, 0.1) is 13.7 Å². The van der Waals surface area contributed by atoms with E-state index in [2.05, 4.69) is 16.7 Å². The molecule has 2 amide bonds. The van der Waals surface area contributed by atoms with Crippen molar-refractivity contribution >= 4 is 6.03 Å². The van der Waals surface area contributed by atoms with Gasteiger partial charge in [-0.1, -0.05) is 18.2 Å². The van der Waals surface area contributed by atoms with Crippen molar-refractivity contribution in [3.05, 3.63) is 29.8 Å². The van der Waals surface area contributed by atoms with Crippen LogP contribution in [0.4, 0.5) is 13.6 Å². The molecule has 7 heteroatoms. The largest absolute Gasteiger partial charge is 0.496 e. The summed E-state index contributed by atoms with van der Waals surface area (Å²) in [5.41, 5.74) is 1.10. The Morgan fingerprint density at radius 1 is 1.31 bits per heavy atom. The minimum Gasteiger partial charge on any atom is -0.496 e. The van der Waals surface area contributed by atoms with Crippen molar-refractivity contribution in [2.24, 2.45) is 0 Å². The molecule has 0 spiro atoms. The first-order valence-corrected chi connectivity index (χ1v) is 9.21. The highest BCUT2D eigenvalue weighted by atomic mass is 19.3. The predicted octanol–water partition coefficient (Wildman–Crippen LogP) is 2.76. The van der Waals surface area contributed by atoms with Gasteiger partial charge in [-0.25, -0.2) is 13.6 Å². The van der Waals surface area contributed by atoms with E-state index in [1.165, 1.54) is 0 Å². The molecule has 0 radical (unpaired) electrons. The molecule has 1 aliphatic carbocycles. The quantitative estimate of drug-likeness (QED) is 0.779. The van der Waals surface area contributed by atoms with Crippen LogP contribution >= 0.6 is 0 Å². The fourth-order valence-corrected chi connectivity index (χ4v) is 3.72. The Hall–Kier alpha value is -1.89. The van der Waals surface area contributed by atoms with Crippen molar-refractivity contribution in [2.45, 2.75) is 43.6 Å². The second-order valence-corrected chi connectivity index (χ2v) is 7.27. The summed E-state index contributed by atoms with van der Waals surface area (Å²) >= 11 is 0. The topological polar surface area (TPSA) is 53.6 Å². The first-order chi connectivity index (χ1) is 12.5. The van der Waals surface area contributed by atoms with Gasteiger partial charge in [0.2, 0.25) is 0 Å². The van der Waals surface area contributed by atoms with E-state index in [1.54, 1.807) is 12.0 Å². The molecule has 144 valence electrons. The van der Waals surface area contributed by atoms with E-state index in [1.807, 2.05) is 18.2 Å². The van der Waals surface area contributed by atoms with Gasteiger partial charge < -0.3 is 15.4 Å². The van der Waals surface area contributed by atoms with E-state index in [4.69, 9.17) is 4.74 Å². The second-order valence-electron chi connectivity index (χ2n) is 7.27. The van der Waals surface area contributed by atoms with Crippen LogP contribution in [0, 0.1) is 0 Å². The molecule has 1 aromatic rings. The summed E-state index contributed by atoms with van der Waals surface area (Å²) in [5.74, 6) is 0.860. The molecule has 1 saturated carbocycles. The fraction of sp³-hybridized carbons (Fsp3) is 0.632. The number of urea groups is 1. The summed E-state index contributed by atoms with van der Waals surface area (Å²) in [6, 6.07) is 7.81. The van der Waals surface area contributed by atoms with Crippen molar-refractivity contribution in [1.82, 2.24) is 15.5 Å². The van der Waals surface area contributed by atoms with Crippen LogP contribution in [0.2, 0.25) is 0 Å². The van der Waals surface area contributed by atoms with Crippen LogP contribution in [0.5, 0.6) is 5.75 Å². The first-order valence-electron chi connectivity index (χ1n) is 9.21. The van der Waals surface area contributed by atoms with Crippen LogP contribution in [0.25, 0.3) is 0 Å².